The van der Waals surface area contributed by atoms with Crippen LogP contribution in [0.25, 0.3) is 0 Å². The van der Waals surface area contributed by atoms with Crippen LogP contribution in [0.2, 0.25) is 0 Å². The Morgan fingerprint density at radius 3 is 1.54 bits per heavy atom. The van der Waals surface area contributed by atoms with E-state index < -0.39 is 0 Å². The summed E-state index contributed by atoms with van der Waals surface area (Å²) in [6.45, 7) is 10.4. The van der Waals surface area contributed by atoms with E-state index in [9.17, 15) is 0 Å². The first-order chi connectivity index (χ1) is 13.8. The maximum absolute atomic E-state index is 5.58. The molecule has 0 saturated carbocycles. The Balaban J connectivity index is 0.000000161. The minimum absolute atomic E-state index is 0.392. The summed E-state index contributed by atoms with van der Waals surface area (Å²) in [6.07, 6.45) is 6.39. The predicted molar refractivity (Wildman–Crippen MR) is 111 cm³/mol. The maximum atomic E-state index is 5.58. The first kappa shape index (κ1) is 23.3. The van der Waals surface area contributed by atoms with Crippen LogP contribution in [0.1, 0.15) is 39.5 Å². The summed E-state index contributed by atoms with van der Waals surface area (Å²) in [5.74, 6) is 0.763. The molecular weight excluding hydrogens is 356 g/mol. The van der Waals surface area contributed by atoms with E-state index >= 15 is 0 Å². The molecule has 0 aliphatic carbocycles. The normalized spacial score (nSPS) is 24.9. The minimum Gasteiger partial charge on any atom is -0.378 e. The van der Waals surface area contributed by atoms with Crippen molar-refractivity contribution in [2.45, 2.75) is 57.8 Å². The number of hydrogen-bond donors (Lipinski definition) is 0. The van der Waals surface area contributed by atoms with E-state index in [4.69, 9.17) is 23.7 Å². The fourth-order valence-corrected chi connectivity index (χ4v) is 2.47. The van der Waals surface area contributed by atoms with Crippen molar-refractivity contribution in [2.75, 3.05) is 46.2 Å². The summed E-state index contributed by atoms with van der Waals surface area (Å²) >= 11 is 0. The first-order valence-electron chi connectivity index (χ1n) is 10.8. The van der Waals surface area contributed by atoms with Gasteiger partial charge in [-0.25, -0.2) is 0 Å². The van der Waals surface area contributed by atoms with E-state index in [2.05, 4.69) is 13.8 Å². The van der Waals surface area contributed by atoms with Crippen molar-refractivity contribution in [3.8, 4) is 0 Å². The molecule has 1 aromatic rings. The lowest BCUT2D eigenvalue weighted by Gasteiger charge is -2.13. The Morgan fingerprint density at radius 2 is 1.18 bits per heavy atom. The third-order valence-corrected chi connectivity index (χ3v) is 4.68. The van der Waals surface area contributed by atoms with Gasteiger partial charge in [0, 0.05) is 6.61 Å². The van der Waals surface area contributed by atoms with Crippen LogP contribution < -0.4 is 0 Å². The second-order valence-corrected chi connectivity index (χ2v) is 7.51. The van der Waals surface area contributed by atoms with Crippen LogP contribution in [0.5, 0.6) is 0 Å². The highest BCUT2D eigenvalue weighted by atomic mass is 16.6. The Labute approximate surface area is 170 Å². The standard InChI is InChI=1S/C11H22O2.C6H10O3.C6H6/c1-3-5-6-10(4-2)7-12-8-11-9-13-11;1(5-3-8-5)7-2-6-4-9-6;1-2-4-6-5-3-1/h10-11H,3-9H2,1-2H3;5-6H,1-4H2;1-6H. The Kier molecular flexibility index (Phi) is 12.4. The van der Waals surface area contributed by atoms with Crippen molar-refractivity contribution >= 4 is 0 Å². The van der Waals surface area contributed by atoms with Crippen molar-refractivity contribution < 1.29 is 23.7 Å². The smallest absolute Gasteiger partial charge is 0.104 e. The van der Waals surface area contributed by atoms with E-state index in [0.29, 0.717) is 18.3 Å². The van der Waals surface area contributed by atoms with Gasteiger partial charge in [-0.15, -0.1) is 0 Å². The Hall–Kier alpha value is -0.980. The highest BCUT2D eigenvalue weighted by molar-refractivity contribution is 4.99. The zero-order valence-electron chi connectivity index (χ0n) is 17.6. The molecule has 3 aliphatic rings. The zero-order chi connectivity index (χ0) is 19.9. The molecule has 3 aliphatic heterocycles. The maximum Gasteiger partial charge on any atom is 0.104 e. The van der Waals surface area contributed by atoms with Gasteiger partial charge in [0.1, 0.15) is 18.3 Å². The van der Waals surface area contributed by atoms with E-state index in [1.165, 1.54) is 25.7 Å². The average Bonchev–Trinajstić information content (AvgIpc) is 3.57. The van der Waals surface area contributed by atoms with Gasteiger partial charge in [-0.05, 0) is 12.3 Å². The second kappa shape index (κ2) is 14.9. The zero-order valence-corrected chi connectivity index (χ0v) is 17.6. The molecular formula is C23H38O5. The lowest BCUT2D eigenvalue weighted by molar-refractivity contribution is 0.0813. The molecule has 5 nitrogen and oxygen atoms in total. The first-order valence-corrected chi connectivity index (χ1v) is 10.8. The lowest BCUT2D eigenvalue weighted by Crippen LogP contribution is -2.11. The number of ether oxygens (including phenoxy) is 5. The molecule has 5 heteroatoms. The Bertz CT molecular complexity index is 419. The number of benzene rings is 1. The monoisotopic (exact) mass is 394 g/mol. The number of epoxide rings is 3. The van der Waals surface area contributed by atoms with Gasteiger partial charge >= 0.3 is 0 Å². The van der Waals surface area contributed by atoms with Gasteiger partial charge in [0.25, 0.3) is 0 Å². The van der Waals surface area contributed by atoms with Crippen LogP contribution in [0.15, 0.2) is 36.4 Å². The van der Waals surface area contributed by atoms with Crippen LogP contribution in [0.4, 0.5) is 0 Å². The molecule has 4 atom stereocenters. The van der Waals surface area contributed by atoms with Gasteiger partial charge in [0.05, 0.1) is 39.6 Å². The van der Waals surface area contributed by atoms with Crippen molar-refractivity contribution in [3.05, 3.63) is 36.4 Å². The van der Waals surface area contributed by atoms with E-state index in [1.807, 2.05) is 36.4 Å². The molecule has 4 rings (SSSR count). The van der Waals surface area contributed by atoms with Gasteiger partial charge in [0.2, 0.25) is 0 Å². The number of hydrogen-bond acceptors (Lipinski definition) is 5. The van der Waals surface area contributed by atoms with Crippen LogP contribution in [0.3, 0.4) is 0 Å². The minimum atomic E-state index is 0.392. The van der Waals surface area contributed by atoms with Gasteiger partial charge in [-0.1, -0.05) is 69.5 Å². The van der Waals surface area contributed by atoms with Crippen molar-refractivity contribution in [1.29, 1.82) is 0 Å². The molecule has 160 valence electrons. The number of rotatable bonds is 12. The third kappa shape index (κ3) is 14.1. The summed E-state index contributed by atoms with van der Waals surface area (Å²) in [5, 5.41) is 0. The molecule has 3 heterocycles. The highest BCUT2D eigenvalue weighted by Gasteiger charge is 2.26. The number of unbranched alkanes of at least 4 members (excludes halogenated alkanes) is 1. The third-order valence-electron chi connectivity index (χ3n) is 4.68. The van der Waals surface area contributed by atoms with Crippen LogP contribution in [-0.2, 0) is 23.7 Å². The molecule has 0 bridgehead atoms. The molecule has 0 radical (unpaired) electrons. The summed E-state index contributed by atoms with van der Waals surface area (Å²) in [7, 11) is 0. The van der Waals surface area contributed by atoms with Gasteiger partial charge in [0.15, 0.2) is 0 Å². The molecule has 4 unspecified atom stereocenters. The highest BCUT2D eigenvalue weighted by Crippen LogP contribution is 2.15. The van der Waals surface area contributed by atoms with E-state index in [-0.39, 0.29) is 0 Å². The van der Waals surface area contributed by atoms with Gasteiger partial charge in [-0.3, -0.25) is 0 Å². The molecule has 0 aromatic heterocycles. The molecule has 3 fully saturated rings. The van der Waals surface area contributed by atoms with Crippen LogP contribution >= 0.6 is 0 Å². The molecule has 28 heavy (non-hydrogen) atoms. The average molecular weight is 395 g/mol. The van der Waals surface area contributed by atoms with Crippen molar-refractivity contribution in [2.24, 2.45) is 5.92 Å². The fraction of sp³-hybridized carbons (Fsp3) is 0.739. The molecule has 1 aromatic carbocycles. The van der Waals surface area contributed by atoms with Gasteiger partial charge in [-0.2, -0.15) is 0 Å². The summed E-state index contributed by atoms with van der Waals surface area (Å²) in [4.78, 5) is 0. The summed E-state index contributed by atoms with van der Waals surface area (Å²) in [5.41, 5.74) is 0. The topological polar surface area (TPSA) is 56.0 Å². The quantitative estimate of drug-likeness (QED) is 0.500. The van der Waals surface area contributed by atoms with Crippen LogP contribution in [0, 0.1) is 5.92 Å². The fourth-order valence-electron chi connectivity index (χ4n) is 2.47. The summed E-state index contributed by atoms with van der Waals surface area (Å²) in [6, 6.07) is 12.0. The Morgan fingerprint density at radius 1 is 0.750 bits per heavy atom. The molecule has 0 N–H and O–H groups in total. The molecule has 0 spiro atoms. The summed E-state index contributed by atoms with van der Waals surface area (Å²) < 4.78 is 25.8. The van der Waals surface area contributed by atoms with E-state index in [0.717, 1.165) is 52.2 Å². The van der Waals surface area contributed by atoms with Crippen LogP contribution in [-0.4, -0.2) is 64.6 Å². The lowest BCUT2D eigenvalue weighted by atomic mass is 10.0. The largest absolute Gasteiger partial charge is 0.378 e. The van der Waals surface area contributed by atoms with Crippen molar-refractivity contribution in [1.82, 2.24) is 0 Å². The second-order valence-electron chi connectivity index (χ2n) is 7.51. The molecule has 3 saturated heterocycles. The molecule has 0 amide bonds. The van der Waals surface area contributed by atoms with E-state index in [1.54, 1.807) is 0 Å². The van der Waals surface area contributed by atoms with Gasteiger partial charge < -0.3 is 23.7 Å². The SMILES string of the molecule is C(OCC1CO1)C1CO1.CCCCC(CC)COCC1CO1.c1ccccc1. The van der Waals surface area contributed by atoms with Crippen molar-refractivity contribution in [3.63, 3.8) is 0 Å². The predicted octanol–water partition coefficient (Wildman–Crippen LogP) is 4.11.